The van der Waals surface area contributed by atoms with E-state index in [9.17, 15) is 32.4 Å². The number of hydrogen-bond acceptors (Lipinski definition) is 10. The van der Waals surface area contributed by atoms with Crippen molar-refractivity contribution in [1.29, 1.82) is 5.26 Å². The number of carbonyl (C=O) groups excluding carboxylic acids is 5. The van der Waals surface area contributed by atoms with Gasteiger partial charge in [-0.1, -0.05) is 0 Å². The normalized spacial score (nSPS) is 14.8. The summed E-state index contributed by atoms with van der Waals surface area (Å²) in [6.45, 7) is 9.36. The zero-order chi connectivity index (χ0) is 31.8. The van der Waals surface area contributed by atoms with Gasteiger partial charge in [-0.05, 0) is 46.8 Å². The smallest absolute Gasteiger partial charge is 0.410 e. The molecule has 230 valence electrons. The Hall–Kier alpha value is -4.26. The molecule has 15 nitrogen and oxygen atoms in total. The average molecular weight is 608 g/mol. The Morgan fingerprint density at radius 1 is 1.07 bits per heavy atom. The topological polar surface area (TPSA) is 217 Å². The average Bonchev–Trinajstić information content (AvgIpc) is 2.85. The van der Waals surface area contributed by atoms with E-state index in [-0.39, 0.29) is 30.1 Å². The van der Waals surface area contributed by atoms with E-state index in [4.69, 9.17) is 10.00 Å². The molecule has 4 N–H and O–H groups in total. The Morgan fingerprint density at radius 2 is 1.69 bits per heavy atom. The molecule has 0 unspecified atom stereocenters. The second kappa shape index (κ2) is 14.1. The summed E-state index contributed by atoms with van der Waals surface area (Å²) in [7, 11) is -3.85. The van der Waals surface area contributed by atoms with Gasteiger partial charge >= 0.3 is 6.09 Å². The monoisotopic (exact) mass is 607 g/mol. The minimum Gasteiger partial charge on any atom is -0.444 e. The van der Waals surface area contributed by atoms with Gasteiger partial charge in [0.05, 0.1) is 5.56 Å². The van der Waals surface area contributed by atoms with E-state index in [2.05, 4.69) is 26.3 Å². The van der Waals surface area contributed by atoms with E-state index in [1.54, 1.807) is 31.7 Å². The van der Waals surface area contributed by atoms with Crippen LogP contribution in [-0.2, 0) is 29.0 Å². The highest BCUT2D eigenvalue weighted by Gasteiger charge is 2.34. The summed E-state index contributed by atoms with van der Waals surface area (Å²) in [5.41, 5.74) is -1.03. The number of nitriles is 1. The van der Waals surface area contributed by atoms with Crippen molar-refractivity contribution in [2.45, 2.75) is 63.8 Å². The van der Waals surface area contributed by atoms with Crippen molar-refractivity contribution in [2.24, 2.45) is 5.92 Å². The van der Waals surface area contributed by atoms with Crippen LogP contribution in [0.5, 0.6) is 0 Å². The molecular weight excluding hydrogens is 570 g/mol. The molecule has 0 bridgehead atoms. The van der Waals surface area contributed by atoms with Crippen LogP contribution in [0.2, 0.25) is 0 Å². The first-order valence-corrected chi connectivity index (χ1v) is 15.0. The molecule has 1 fully saturated rings. The maximum Gasteiger partial charge on any atom is 0.410 e. The lowest BCUT2D eigenvalue weighted by atomic mass is 10.0. The van der Waals surface area contributed by atoms with E-state index in [1.807, 2.05) is 0 Å². The number of carbonyl (C=O) groups is 5. The standard InChI is InChI=1S/C26H37N7O8S/c1-15(21(35)29-12-17-13-33(14-17)25(38)41-26(3,4)5)31-22(36)16(2)30-20(34)9-10-28-23(37)19-8-7-18(11-27)24(32-19)42(6,39)40/h7-8,15-17H,9-10,12-14H2,1-6H3,(H,28,37)(H,29,35)(H,30,34)(H,31,36)/t15-,16-/m0/s1. The molecule has 0 radical (unpaired) electrons. The molecule has 0 aliphatic carbocycles. The van der Waals surface area contributed by atoms with Crippen molar-refractivity contribution >= 4 is 39.6 Å². The second-order valence-electron chi connectivity index (χ2n) is 11.0. The fourth-order valence-electron chi connectivity index (χ4n) is 3.67. The Bertz CT molecular complexity index is 1360. The fourth-order valence-corrected chi connectivity index (χ4v) is 4.45. The molecular formula is C26H37N7O8S. The molecule has 1 aliphatic rings. The Morgan fingerprint density at radius 3 is 2.26 bits per heavy atom. The zero-order valence-corrected chi connectivity index (χ0v) is 25.3. The summed E-state index contributed by atoms with van der Waals surface area (Å²) in [5.74, 6) is -2.25. The molecule has 0 aromatic carbocycles. The number of ether oxygens (including phenoxy) is 1. The largest absolute Gasteiger partial charge is 0.444 e. The van der Waals surface area contributed by atoms with Crippen LogP contribution in [0, 0.1) is 17.2 Å². The minimum atomic E-state index is -3.85. The number of nitrogens with zero attached hydrogens (tertiary/aromatic N) is 3. The number of likely N-dealkylation sites (tertiary alicyclic amines) is 1. The highest BCUT2D eigenvalue weighted by atomic mass is 32.2. The van der Waals surface area contributed by atoms with Gasteiger partial charge in [0.1, 0.15) is 29.4 Å². The van der Waals surface area contributed by atoms with Crippen molar-refractivity contribution < 1.29 is 37.1 Å². The maximum absolute atomic E-state index is 12.4. The van der Waals surface area contributed by atoms with Crippen LogP contribution in [0.4, 0.5) is 4.79 Å². The first kappa shape index (κ1) is 33.9. The molecule has 1 aromatic heterocycles. The van der Waals surface area contributed by atoms with Crippen LogP contribution in [0.3, 0.4) is 0 Å². The van der Waals surface area contributed by atoms with Gasteiger partial charge in [0.15, 0.2) is 14.9 Å². The molecule has 16 heteroatoms. The first-order valence-electron chi connectivity index (χ1n) is 13.2. The van der Waals surface area contributed by atoms with Crippen LogP contribution >= 0.6 is 0 Å². The van der Waals surface area contributed by atoms with Crippen LogP contribution in [0.1, 0.15) is 57.1 Å². The second-order valence-corrected chi connectivity index (χ2v) is 12.9. The molecule has 2 heterocycles. The van der Waals surface area contributed by atoms with Gasteiger partial charge in [0.25, 0.3) is 5.91 Å². The number of nitrogens with one attached hydrogen (secondary N) is 4. The Balaban J connectivity index is 1.71. The third-order valence-electron chi connectivity index (χ3n) is 5.90. The SMILES string of the molecule is C[C@H](NC(=O)CCNC(=O)c1ccc(C#N)c(S(C)(=O)=O)n1)C(=O)N[C@@H](C)C(=O)NCC1CN(C(=O)OC(C)(C)C)C1. The molecule has 2 rings (SSSR count). The molecule has 2 atom stereocenters. The summed E-state index contributed by atoms with van der Waals surface area (Å²) >= 11 is 0. The summed E-state index contributed by atoms with van der Waals surface area (Å²) in [6.07, 6.45) is 0.261. The quantitative estimate of drug-likeness (QED) is 0.252. The van der Waals surface area contributed by atoms with Crippen LogP contribution in [0.25, 0.3) is 0 Å². The van der Waals surface area contributed by atoms with Gasteiger partial charge in [-0.2, -0.15) is 5.26 Å². The zero-order valence-electron chi connectivity index (χ0n) is 24.4. The Labute approximate surface area is 244 Å². The van der Waals surface area contributed by atoms with E-state index in [0.717, 1.165) is 6.26 Å². The van der Waals surface area contributed by atoms with E-state index >= 15 is 0 Å². The fraction of sp³-hybridized carbons (Fsp3) is 0.577. The molecule has 42 heavy (non-hydrogen) atoms. The van der Waals surface area contributed by atoms with Gasteiger partial charge in [-0.25, -0.2) is 18.2 Å². The third kappa shape index (κ3) is 10.3. The lowest BCUT2D eigenvalue weighted by molar-refractivity contribution is -0.131. The third-order valence-corrected chi connectivity index (χ3v) is 6.91. The van der Waals surface area contributed by atoms with Crippen molar-refractivity contribution in [3.63, 3.8) is 0 Å². The van der Waals surface area contributed by atoms with Gasteiger partial charge in [0.2, 0.25) is 17.7 Å². The van der Waals surface area contributed by atoms with Crippen LogP contribution in [-0.4, -0.2) is 98.1 Å². The van der Waals surface area contributed by atoms with Crippen LogP contribution in [0.15, 0.2) is 17.2 Å². The van der Waals surface area contributed by atoms with E-state index in [1.165, 1.54) is 26.0 Å². The molecule has 1 aliphatic heterocycles. The summed E-state index contributed by atoms with van der Waals surface area (Å²) in [5, 5.41) is 18.7. The van der Waals surface area contributed by atoms with E-state index in [0.29, 0.717) is 19.6 Å². The first-order chi connectivity index (χ1) is 19.4. The van der Waals surface area contributed by atoms with Crippen molar-refractivity contribution in [3.8, 4) is 6.07 Å². The minimum absolute atomic E-state index is 0.0671. The van der Waals surface area contributed by atoms with Gasteiger partial charge in [0, 0.05) is 44.8 Å². The highest BCUT2D eigenvalue weighted by molar-refractivity contribution is 7.90. The highest BCUT2D eigenvalue weighted by Crippen LogP contribution is 2.19. The van der Waals surface area contributed by atoms with Gasteiger partial charge < -0.3 is 30.9 Å². The number of rotatable bonds is 11. The van der Waals surface area contributed by atoms with Crippen molar-refractivity contribution in [3.05, 3.63) is 23.4 Å². The van der Waals surface area contributed by atoms with E-state index < -0.39 is 62.3 Å². The molecule has 0 spiro atoms. The molecule has 1 saturated heterocycles. The Kier molecular flexibility index (Phi) is 11.4. The molecule has 1 aromatic rings. The number of hydrogen-bond donors (Lipinski definition) is 4. The van der Waals surface area contributed by atoms with Crippen molar-refractivity contribution in [2.75, 3.05) is 32.4 Å². The van der Waals surface area contributed by atoms with Crippen molar-refractivity contribution in [1.82, 2.24) is 31.2 Å². The number of sulfone groups is 1. The van der Waals surface area contributed by atoms with Crippen LogP contribution < -0.4 is 21.3 Å². The molecule has 0 saturated carbocycles. The predicted octanol–water partition coefficient (Wildman–Crippen LogP) is -0.531. The predicted molar refractivity (Wildman–Crippen MR) is 149 cm³/mol. The summed E-state index contributed by atoms with van der Waals surface area (Å²) in [6, 6.07) is 2.20. The molecule has 5 amide bonds. The number of pyridine rings is 1. The summed E-state index contributed by atoms with van der Waals surface area (Å²) < 4.78 is 28.9. The number of amides is 5. The van der Waals surface area contributed by atoms with Gasteiger partial charge in [-0.15, -0.1) is 0 Å². The lowest BCUT2D eigenvalue weighted by Crippen LogP contribution is -2.56. The maximum atomic E-state index is 12.4. The summed E-state index contributed by atoms with van der Waals surface area (Å²) in [4.78, 5) is 66.7. The number of aromatic nitrogens is 1. The van der Waals surface area contributed by atoms with Gasteiger partial charge in [-0.3, -0.25) is 19.2 Å². The lowest BCUT2D eigenvalue weighted by Gasteiger charge is -2.39.